The summed E-state index contributed by atoms with van der Waals surface area (Å²) in [6.45, 7) is 4.25. The van der Waals surface area contributed by atoms with Crippen LogP contribution in [0.1, 0.15) is 26.2 Å². The van der Waals surface area contributed by atoms with Crippen molar-refractivity contribution in [2.75, 3.05) is 29.3 Å². The predicted molar refractivity (Wildman–Crippen MR) is 122 cm³/mol. The zero-order valence-electron chi connectivity index (χ0n) is 17.5. The lowest BCUT2D eigenvalue weighted by Gasteiger charge is -2.27. The molecule has 2 heterocycles. The fraction of sp³-hybridized carbons (Fsp3) is 0.304. The van der Waals surface area contributed by atoms with Crippen molar-refractivity contribution >= 4 is 21.5 Å². The maximum absolute atomic E-state index is 12.8. The minimum absolute atomic E-state index is 0.111. The molecule has 0 radical (unpaired) electrons. The zero-order chi connectivity index (χ0) is 21.7. The largest absolute Gasteiger partial charge is 0.492 e. The molecule has 0 amide bonds. The number of benzene rings is 2. The molecule has 0 spiro atoms. The Kier molecular flexibility index (Phi) is 6.36. The lowest BCUT2D eigenvalue weighted by atomic mass is 10.1. The van der Waals surface area contributed by atoms with Crippen LogP contribution in [-0.4, -0.2) is 38.3 Å². The van der Waals surface area contributed by atoms with Gasteiger partial charge in [-0.15, -0.1) is 10.2 Å². The van der Waals surface area contributed by atoms with E-state index in [0.29, 0.717) is 18.0 Å². The molecular weight excluding hydrogens is 412 g/mol. The van der Waals surface area contributed by atoms with Gasteiger partial charge >= 0.3 is 0 Å². The molecule has 3 aromatic rings. The second kappa shape index (κ2) is 9.34. The van der Waals surface area contributed by atoms with E-state index in [2.05, 4.69) is 19.8 Å². The van der Waals surface area contributed by atoms with Gasteiger partial charge in [0.05, 0.1) is 12.3 Å². The van der Waals surface area contributed by atoms with E-state index in [1.165, 1.54) is 25.3 Å². The first-order chi connectivity index (χ1) is 15.1. The number of ether oxygens (including phenoxy) is 1. The number of hydrogen-bond acceptors (Lipinski definition) is 6. The monoisotopic (exact) mass is 438 g/mol. The fourth-order valence-electron chi connectivity index (χ4n) is 3.64. The number of aromatic nitrogens is 2. The van der Waals surface area contributed by atoms with Gasteiger partial charge in [-0.2, -0.15) is 0 Å². The molecule has 1 aliphatic rings. The van der Waals surface area contributed by atoms with E-state index in [4.69, 9.17) is 4.74 Å². The number of hydrogen-bond donors (Lipinski definition) is 1. The molecule has 2 aromatic carbocycles. The van der Waals surface area contributed by atoms with Crippen LogP contribution >= 0.6 is 0 Å². The Morgan fingerprint density at radius 3 is 2.35 bits per heavy atom. The molecule has 8 heteroatoms. The van der Waals surface area contributed by atoms with Crippen LogP contribution in [0.2, 0.25) is 0 Å². The quantitative estimate of drug-likeness (QED) is 0.591. The number of piperidine rings is 1. The number of rotatable bonds is 7. The average Bonchev–Trinajstić information content (AvgIpc) is 2.81. The zero-order valence-corrected chi connectivity index (χ0v) is 18.3. The molecule has 0 saturated carbocycles. The lowest BCUT2D eigenvalue weighted by molar-refractivity contribution is 0.331. The maximum atomic E-state index is 12.8. The summed E-state index contributed by atoms with van der Waals surface area (Å²) < 4.78 is 33.7. The molecule has 7 nitrogen and oxygen atoms in total. The minimum Gasteiger partial charge on any atom is -0.492 e. The summed E-state index contributed by atoms with van der Waals surface area (Å²) in [4.78, 5) is 2.37. The maximum Gasteiger partial charge on any atom is 0.265 e. The summed E-state index contributed by atoms with van der Waals surface area (Å²) in [7, 11) is -3.77. The first kappa shape index (κ1) is 21.1. The topological polar surface area (TPSA) is 84.4 Å². The summed E-state index contributed by atoms with van der Waals surface area (Å²) in [6.07, 6.45) is 3.65. The summed E-state index contributed by atoms with van der Waals surface area (Å²) in [5.41, 5.74) is 2.08. The highest BCUT2D eigenvalue weighted by atomic mass is 32.2. The van der Waals surface area contributed by atoms with Crippen molar-refractivity contribution < 1.29 is 13.2 Å². The van der Waals surface area contributed by atoms with Crippen molar-refractivity contribution in [1.29, 1.82) is 0 Å². The van der Waals surface area contributed by atoms with Crippen LogP contribution in [0, 0.1) is 0 Å². The lowest BCUT2D eigenvalue weighted by Crippen LogP contribution is -2.30. The molecule has 31 heavy (non-hydrogen) atoms. The van der Waals surface area contributed by atoms with Gasteiger partial charge in [0.2, 0.25) is 0 Å². The summed E-state index contributed by atoms with van der Waals surface area (Å²) in [5.74, 6) is 1.24. The number of sulfonamides is 1. The van der Waals surface area contributed by atoms with Crippen molar-refractivity contribution in [2.45, 2.75) is 31.1 Å². The summed E-state index contributed by atoms with van der Waals surface area (Å²) in [6, 6.07) is 17.6. The Labute approximate surface area is 183 Å². The van der Waals surface area contributed by atoms with Crippen molar-refractivity contribution in [3.8, 4) is 17.0 Å². The standard InChI is InChI=1S/C23H26N4O3S/c1-2-30-21-8-4-5-9-22(21)31(28,29)26-19-12-10-18(11-13-19)20-14-15-23(25-24-20)27-16-6-3-7-17-27/h4-5,8-15,26H,2-3,6-7,16-17H2,1H3. The second-order valence-corrected chi connectivity index (χ2v) is 9.04. The van der Waals surface area contributed by atoms with Crippen molar-refractivity contribution in [3.05, 3.63) is 60.7 Å². The van der Waals surface area contributed by atoms with Crippen LogP contribution in [0.3, 0.4) is 0 Å². The Morgan fingerprint density at radius 2 is 1.68 bits per heavy atom. The van der Waals surface area contributed by atoms with E-state index in [0.717, 1.165) is 30.2 Å². The summed E-state index contributed by atoms with van der Waals surface area (Å²) in [5, 5.41) is 8.74. The van der Waals surface area contributed by atoms with Crippen molar-refractivity contribution in [1.82, 2.24) is 10.2 Å². The van der Waals surface area contributed by atoms with E-state index in [-0.39, 0.29) is 4.90 Å². The molecule has 0 aliphatic carbocycles. The van der Waals surface area contributed by atoms with Crippen LogP contribution < -0.4 is 14.4 Å². The smallest absolute Gasteiger partial charge is 0.265 e. The van der Waals surface area contributed by atoms with Crippen LogP contribution in [0.4, 0.5) is 11.5 Å². The fourth-order valence-corrected chi connectivity index (χ4v) is 4.84. The number of nitrogens with one attached hydrogen (secondary N) is 1. The van der Waals surface area contributed by atoms with Gasteiger partial charge in [-0.1, -0.05) is 24.3 Å². The van der Waals surface area contributed by atoms with Gasteiger partial charge in [-0.25, -0.2) is 8.42 Å². The van der Waals surface area contributed by atoms with Gasteiger partial charge in [-0.05, 0) is 62.6 Å². The van der Waals surface area contributed by atoms with Gasteiger partial charge in [0.15, 0.2) is 5.82 Å². The molecular formula is C23H26N4O3S. The highest BCUT2D eigenvalue weighted by Crippen LogP contribution is 2.27. The van der Waals surface area contributed by atoms with Crippen LogP contribution in [0.15, 0.2) is 65.6 Å². The number of para-hydroxylation sites is 1. The van der Waals surface area contributed by atoms with Gasteiger partial charge < -0.3 is 9.64 Å². The Balaban J connectivity index is 1.48. The molecule has 1 fully saturated rings. The highest BCUT2D eigenvalue weighted by Gasteiger charge is 2.19. The van der Waals surface area contributed by atoms with Gasteiger partial charge in [0.25, 0.3) is 10.0 Å². The molecule has 4 rings (SSSR count). The third-order valence-electron chi connectivity index (χ3n) is 5.20. The van der Waals surface area contributed by atoms with E-state index in [1.54, 1.807) is 30.3 Å². The second-order valence-electron chi connectivity index (χ2n) is 7.39. The van der Waals surface area contributed by atoms with Crippen LogP contribution in [0.25, 0.3) is 11.3 Å². The van der Waals surface area contributed by atoms with E-state index in [9.17, 15) is 8.42 Å². The van der Waals surface area contributed by atoms with Gasteiger partial charge in [0, 0.05) is 24.3 Å². The van der Waals surface area contributed by atoms with Gasteiger partial charge in [0.1, 0.15) is 10.6 Å². The molecule has 1 N–H and O–H groups in total. The highest BCUT2D eigenvalue weighted by molar-refractivity contribution is 7.92. The average molecular weight is 439 g/mol. The number of anilines is 2. The first-order valence-corrected chi connectivity index (χ1v) is 12.0. The molecule has 162 valence electrons. The Bertz CT molecular complexity index is 1110. The third-order valence-corrected chi connectivity index (χ3v) is 6.62. The minimum atomic E-state index is -3.77. The number of nitrogens with zero attached hydrogens (tertiary/aromatic N) is 3. The van der Waals surface area contributed by atoms with E-state index < -0.39 is 10.0 Å². The predicted octanol–water partition coefficient (Wildman–Crippen LogP) is 4.33. The summed E-state index contributed by atoms with van der Waals surface area (Å²) >= 11 is 0. The van der Waals surface area contributed by atoms with E-state index >= 15 is 0 Å². The van der Waals surface area contributed by atoms with Crippen LogP contribution in [0.5, 0.6) is 5.75 Å². The van der Waals surface area contributed by atoms with E-state index in [1.807, 2.05) is 31.2 Å². The molecule has 1 saturated heterocycles. The van der Waals surface area contributed by atoms with Crippen LogP contribution in [-0.2, 0) is 10.0 Å². The van der Waals surface area contributed by atoms with Crippen molar-refractivity contribution in [3.63, 3.8) is 0 Å². The Hall–Kier alpha value is -3.13. The van der Waals surface area contributed by atoms with Crippen molar-refractivity contribution in [2.24, 2.45) is 0 Å². The molecule has 1 aliphatic heterocycles. The molecule has 1 aromatic heterocycles. The normalized spacial score (nSPS) is 14.3. The third kappa shape index (κ3) is 4.96. The Morgan fingerprint density at radius 1 is 0.935 bits per heavy atom. The molecule has 0 bridgehead atoms. The molecule has 0 atom stereocenters. The molecule has 0 unspecified atom stereocenters. The van der Waals surface area contributed by atoms with Gasteiger partial charge in [-0.3, -0.25) is 4.72 Å². The SMILES string of the molecule is CCOc1ccccc1S(=O)(=O)Nc1ccc(-c2ccc(N3CCCCC3)nn2)cc1. The first-order valence-electron chi connectivity index (χ1n) is 10.5.